The molecule has 5 aromatic rings. The Bertz CT molecular complexity index is 1400. The van der Waals surface area contributed by atoms with Gasteiger partial charge in [0, 0.05) is 40.8 Å². The van der Waals surface area contributed by atoms with E-state index in [0.717, 1.165) is 22.5 Å². The number of halogens is 1. The van der Waals surface area contributed by atoms with Gasteiger partial charge in [-0.1, -0.05) is 45.0 Å². The largest absolute Gasteiger partial charge is 0.337 e. The van der Waals surface area contributed by atoms with Gasteiger partial charge in [-0.15, -0.1) is 0 Å². The van der Waals surface area contributed by atoms with E-state index >= 15 is 0 Å². The molecule has 0 unspecified atom stereocenters. The Morgan fingerprint density at radius 3 is 2.28 bits per heavy atom. The molecule has 0 radical (unpaired) electrons. The monoisotopic (exact) mass is 423 g/mol. The van der Waals surface area contributed by atoms with Crippen molar-refractivity contribution < 1.29 is 4.39 Å². The molecular weight excluding hydrogens is 401 g/mol. The zero-order chi connectivity index (χ0) is 22.3. The van der Waals surface area contributed by atoms with E-state index in [0.29, 0.717) is 22.5 Å². The summed E-state index contributed by atoms with van der Waals surface area (Å²) in [5, 5.41) is 0. The van der Waals surface area contributed by atoms with E-state index in [1.807, 2.05) is 18.2 Å². The maximum absolute atomic E-state index is 14.6. The van der Waals surface area contributed by atoms with Crippen LogP contribution in [0.2, 0.25) is 0 Å². The van der Waals surface area contributed by atoms with Gasteiger partial charge in [-0.25, -0.2) is 14.4 Å². The average Bonchev–Trinajstić information content (AvgIpc) is 3.22. The average molecular weight is 423 g/mol. The zero-order valence-corrected chi connectivity index (χ0v) is 18.1. The fraction of sp³-hybridized carbons (Fsp3) is 0.154. The topological polar surface area (TPSA) is 67.3 Å². The molecule has 5 rings (SSSR count). The normalized spacial score (nSPS) is 11.8. The fourth-order valence-corrected chi connectivity index (χ4v) is 3.73. The lowest BCUT2D eigenvalue weighted by Gasteiger charge is -2.18. The summed E-state index contributed by atoms with van der Waals surface area (Å²) in [6.45, 7) is 6.56. The number of benzene rings is 1. The van der Waals surface area contributed by atoms with Gasteiger partial charge < -0.3 is 4.98 Å². The molecule has 0 saturated carbocycles. The van der Waals surface area contributed by atoms with Gasteiger partial charge in [-0.2, -0.15) is 0 Å². The Labute approximate surface area is 185 Å². The van der Waals surface area contributed by atoms with E-state index in [1.54, 1.807) is 24.7 Å². The maximum Gasteiger partial charge on any atom is 0.178 e. The SMILES string of the molecule is CC(C)(C)c1ccc(-c2nc3nc(-c4cccnc4)c(-c4ccncc4F)cc3[nH]2)cc1. The molecule has 0 aliphatic rings. The number of fused-ring (bicyclic) bond motifs is 1. The Hall–Kier alpha value is -3.93. The third-order valence-electron chi connectivity index (χ3n) is 5.50. The molecule has 0 aliphatic carbocycles. The second-order valence-electron chi connectivity index (χ2n) is 8.77. The Balaban J connectivity index is 1.68. The van der Waals surface area contributed by atoms with Crippen molar-refractivity contribution in [3.8, 4) is 33.8 Å². The van der Waals surface area contributed by atoms with Gasteiger partial charge in [-0.05, 0) is 35.2 Å². The molecule has 0 amide bonds. The standard InChI is InChI=1S/C26H22FN5/c1-26(2,3)18-8-6-16(7-9-18)24-30-22-13-20(19-10-12-29-15-21(19)27)23(31-25(22)32-24)17-5-4-11-28-14-17/h4-15H,1-3H3,(H,30,31,32). The van der Waals surface area contributed by atoms with Crippen LogP contribution in [0.15, 0.2) is 73.3 Å². The highest BCUT2D eigenvalue weighted by molar-refractivity contribution is 5.89. The van der Waals surface area contributed by atoms with Crippen molar-refractivity contribution >= 4 is 11.2 Å². The summed E-state index contributed by atoms with van der Waals surface area (Å²) in [4.78, 5) is 21.0. The fourth-order valence-electron chi connectivity index (χ4n) is 3.73. The summed E-state index contributed by atoms with van der Waals surface area (Å²) in [5.41, 5.74) is 6.10. The van der Waals surface area contributed by atoms with Gasteiger partial charge in [0.25, 0.3) is 0 Å². The number of nitrogens with one attached hydrogen (secondary N) is 1. The second-order valence-corrected chi connectivity index (χ2v) is 8.77. The lowest BCUT2D eigenvalue weighted by atomic mass is 9.87. The summed E-state index contributed by atoms with van der Waals surface area (Å²) in [5.74, 6) is 0.314. The molecule has 0 fully saturated rings. The minimum Gasteiger partial charge on any atom is -0.337 e. The van der Waals surface area contributed by atoms with Crippen molar-refractivity contribution in [2.24, 2.45) is 0 Å². The number of aromatic nitrogens is 5. The quantitative estimate of drug-likeness (QED) is 0.376. The highest BCUT2D eigenvalue weighted by Gasteiger charge is 2.18. The van der Waals surface area contributed by atoms with E-state index in [-0.39, 0.29) is 5.41 Å². The minimum atomic E-state index is -0.406. The van der Waals surface area contributed by atoms with Crippen molar-refractivity contribution in [3.63, 3.8) is 0 Å². The van der Waals surface area contributed by atoms with Crippen molar-refractivity contribution in [2.75, 3.05) is 0 Å². The maximum atomic E-state index is 14.6. The number of hydrogen-bond donors (Lipinski definition) is 1. The van der Waals surface area contributed by atoms with Crippen LogP contribution in [0.5, 0.6) is 0 Å². The molecule has 4 aromatic heterocycles. The molecule has 0 atom stereocenters. The summed E-state index contributed by atoms with van der Waals surface area (Å²) in [7, 11) is 0. The predicted molar refractivity (Wildman–Crippen MR) is 124 cm³/mol. The molecule has 5 nitrogen and oxygen atoms in total. The Kier molecular flexibility index (Phi) is 4.78. The van der Waals surface area contributed by atoms with Gasteiger partial charge in [0.2, 0.25) is 0 Å². The first kappa shape index (κ1) is 20.0. The molecule has 1 aromatic carbocycles. The Morgan fingerprint density at radius 2 is 1.59 bits per heavy atom. The smallest absolute Gasteiger partial charge is 0.178 e. The molecule has 0 aliphatic heterocycles. The van der Waals surface area contributed by atoms with Crippen molar-refractivity contribution in [2.45, 2.75) is 26.2 Å². The third-order valence-corrected chi connectivity index (χ3v) is 5.50. The first-order valence-corrected chi connectivity index (χ1v) is 10.4. The van der Waals surface area contributed by atoms with E-state index in [4.69, 9.17) is 9.97 Å². The molecule has 32 heavy (non-hydrogen) atoms. The molecule has 0 bridgehead atoms. The van der Waals surface area contributed by atoms with E-state index in [9.17, 15) is 4.39 Å². The third kappa shape index (κ3) is 3.64. The minimum absolute atomic E-state index is 0.0795. The molecule has 1 N–H and O–H groups in total. The van der Waals surface area contributed by atoms with Crippen LogP contribution in [0.25, 0.3) is 44.9 Å². The number of rotatable bonds is 3. The van der Waals surface area contributed by atoms with E-state index in [1.165, 1.54) is 11.8 Å². The number of aromatic amines is 1. The van der Waals surface area contributed by atoms with Gasteiger partial charge in [-0.3, -0.25) is 9.97 Å². The second kappa shape index (κ2) is 7.64. The number of pyridine rings is 3. The van der Waals surface area contributed by atoms with Crippen LogP contribution in [-0.2, 0) is 5.41 Å². The summed E-state index contributed by atoms with van der Waals surface area (Å²) in [6, 6.07) is 15.6. The van der Waals surface area contributed by atoms with Gasteiger partial charge in [0.1, 0.15) is 11.6 Å². The van der Waals surface area contributed by atoms with Crippen LogP contribution in [0.4, 0.5) is 4.39 Å². The predicted octanol–water partition coefficient (Wildman–Crippen LogP) is 6.19. The summed E-state index contributed by atoms with van der Waals surface area (Å²) >= 11 is 0. The van der Waals surface area contributed by atoms with Crippen molar-refractivity contribution in [1.82, 2.24) is 24.9 Å². The van der Waals surface area contributed by atoms with Crippen LogP contribution in [0, 0.1) is 5.82 Å². The molecular formula is C26H22FN5. The number of imidazole rings is 1. The summed E-state index contributed by atoms with van der Waals surface area (Å²) in [6.07, 6.45) is 6.20. The van der Waals surface area contributed by atoms with Crippen LogP contribution >= 0.6 is 0 Å². The number of nitrogens with zero attached hydrogens (tertiary/aromatic N) is 4. The zero-order valence-electron chi connectivity index (χ0n) is 18.1. The summed E-state index contributed by atoms with van der Waals surface area (Å²) < 4.78 is 14.6. The van der Waals surface area contributed by atoms with Gasteiger partial charge in [0.15, 0.2) is 5.65 Å². The van der Waals surface area contributed by atoms with Crippen molar-refractivity contribution in [1.29, 1.82) is 0 Å². The lowest BCUT2D eigenvalue weighted by Crippen LogP contribution is -2.10. The van der Waals surface area contributed by atoms with Gasteiger partial charge in [0.05, 0.1) is 17.4 Å². The molecule has 0 spiro atoms. The highest BCUT2D eigenvalue weighted by atomic mass is 19.1. The number of hydrogen-bond acceptors (Lipinski definition) is 4. The highest BCUT2D eigenvalue weighted by Crippen LogP contribution is 2.34. The molecule has 0 saturated heterocycles. The van der Waals surface area contributed by atoms with E-state index < -0.39 is 5.82 Å². The molecule has 4 heterocycles. The molecule has 158 valence electrons. The van der Waals surface area contributed by atoms with Crippen LogP contribution < -0.4 is 0 Å². The Morgan fingerprint density at radius 1 is 0.812 bits per heavy atom. The van der Waals surface area contributed by atoms with Crippen LogP contribution in [0.1, 0.15) is 26.3 Å². The van der Waals surface area contributed by atoms with Crippen molar-refractivity contribution in [3.05, 3.63) is 84.7 Å². The number of H-pyrrole nitrogens is 1. The first-order chi connectivity index (χ1) is 15.4. The lowest BCUT2D eigenvalue weighted by molar-refractivity contribution is 0.590. The van der Waals surface area contributed by atoms with Crippen LogP contribution in [-0.4, -0.2) is 24.9 Å². The molecule has 6 heteroatoms. The van der Waals surface area contributed by atoms with E-state index in [2.05, 4.69) is 60.0 Å². The first-order valence-electron chi connectivity index (χ1n) is 10.4. The van der Waals surface area contributed by atoms with Crippen LogP contribution in [0.3, 0.4) is 0 Å². The van der Waals surface area contributed by atoms with Gasteiger partial charge >= 0.3 is 0 Å².